The Kier molecular flexibility index (Phi) is 6.42. The molecule has 2 heterocycles. The summed E-state index contributed by atoms with van der Waals surface area (Å²) in [5, 5.41) is 4.88. The lowest BCUT2D eigenvalue weighted by Crippen LogP contribution is -2.32. The van der Waals surface area contributed by atoms with E-state index in [4.69, 9.17) is 5.10 Å². The van der Waals surface area contributed by atoms with Gasteiger partial charge < -0.3 is 4.90 Å². The third-order valence-electron chi connectivity index (χ3n) is 6.36. The van der Waals surface area contributed by atoms with Crippen LogP contribution in [0.2, 0.25) is 0 Å². The van der Waals surface area contributed by atoms with E-state index in [1.807, 2.05) is 22.9 Å². The van der Waals surface area contributed by atoms with Crippen molar-refractivity contribution in [2.75, 3.05) is 13.6 Å². The summed E-state index contributed by atoms with van der Waals surface area (Å²) in [6.07, 6.45) is 0.794. The first-order valence-electron chi connectivity index (χ1n) is 11.6. The van der Waals surface area contributed by atoms with E-state index in [2.05, 4.69) is 17.0 Å². The number of amides is 1. The van der Waals surface area contributed by atoms with E-state index in [9.17, 15) is 13.6 Å². The van der Waals surface area contributed by atoms with Gasteiger partial charge in [0.25, 0.3) is 5.91 Å². The summed E-state index contributed by atoms with van der Waals surface area (Å²) >= 11 is 0. The van der Waals surface area contributed by atoms with Gasteiger partial charge in [0.1, 0.15) is 11.6 Å². The summed E-state index contributed by atoms with van der Waals surface area (Å²) < 4.78 is 28.7. The van der Waals surface area contributed by atoms with E-state index in [-0.39, 0.29) is 17.5 Å². The van der Waals surface area contributed by atoms with Crippen LogP contribution in [0.25, 0.3) is 5.69 Å². The van der Waals surface area contributed by atoms with Crippen LogP contribution in [-0.2, 0) is 26.1 Å². The molecule has 1 amide bonds. The van der Waals surface area contributed by atoms with Gasteiger partial charge in [0.2, 0.25) is 0 Å². The molecule has 35 heavy (non-hydrogen) atoms. The molecule has 178 valence electrons. The maximum atomic E-state index is 13.5. The average Bonchev–Trinajstić information content (AvgIpc) is 3.22. The van der Waals surface area contributed by atoms with Crippen LogP contribution in [-0.4, -0.2) is 39.1 Å². The zero-order valence-electron chi connectivity index (χ0n) is 19.5. The van der Waals surface area contributed by atoms with E-state index >= 15 is 0 Å². The van der Waals surface area contributed by atoms with Crippen molar-refractivity contribution in [3.63, 3.8) is 0 Å². The van der Waals surface area contributed by atoms with Crippen molar-refractivity contribution in [1.29, 1.82) is 0 Å². The Balaban J connectivity index is 1.44. The number of carbonyl (C=O) groups excluding carboxylic acids is 1. The first kappa shape index (κ1) is 22.9. The van der Waals surface area contributed by atoms with Gasteiger partial charge in [0, 0.05) is 44.2 Å². The number of halogens is 2. The summed E-state index contributed by atoms with van der Waals surface area (Å²) in [7, 11) is 1.72. The molecule has 0 aliphatic carbocycles. The molecule has 0 atom stereocenters. The molecule has 0 bridgehead atoms. The Hall–Kier alpha value is -3.84. The molecule has 5 rings (SSSR count). The van der Waals surface area contributed by atoms with Crippen molar-refractivity contribution >= 4 is 5.91 Å². The van der Waals surface area contributed by atoms with Crippen molar-refractivity contribution in [2.45, 2.75) is 26.1 Å². The van der Waals surface area contributed by atoms with Crippen LogP contribution in [0.1, 0.15) is 32.9 Å². The lowest BCUT2D eigenvalue weighted by Gasteiger charge is -2.28. The van der Waals surface area contributed by atoms with Gasteiger partial charge in [-0.1, -0.05) is 30.3 Å². The SMILES string of the molecule is CN(Cc1nn(-c2ccc(F)cc2)c2c1CN(Cc1ccccc1)CC2)C(=O)c1ccc(F)cc1. The van der Waals surface area contributed by atoms with E-state index in [1.54, 1.807) is 24.1 Å². The highest BCUT2D eigenvalue weighted by atomic mass is 19.1. The minimum atomic E-state index is -0.380. The Labute approximate surface area is 203 Å². The highest BCUT2D eigenvalue weighted by molar-refractivity contribution is 5.93. The van der Waals surface area contributed by atoms with Crippen LogP contribution in [0.4, 0.5) is 8.78 Å². The number of benzene rings is 3. The highest BCUT2D eigenvalue weighted by Gasteiger charge is 2.27. The number of carbonyl (C=O) groups is 1. The second kappa shape index (κ2) is 9.80. The second-order valence-electron chi connectivity index (χ2n) is 8.87. The van der Waals surface area contributed by atoms with Crippen LogP contribution < -0.4 is 0 Å². The minimum absolute atomic E-state index is 0.202. The van der Waals surface area contributed by atoms with E-state index in [0.29, 0.717) is 18.7 Å². The molecular weight excluding hydrogens is 446 g/mol. The average molecular weight is 473 g/mol. The third kappa shape index (κ3) is 5.00. The van der Waals surface area contributed by atoms with E-state index < -0.39 is 0 Å². The summed E-state index contributed by atoms with van der Waals surface area (Å²) in [5.41, 5.74) is 5.44. The molecule has 1 aliphatic heterocycles. The van der Waals surface area contributed by atoms with Crippen molar-refractivity contribution in [3.8, 4) is 5.69 Å². The van der Waals surface area contributed by atoms with Gasteiger partial charge in [-0.2, -0.15) is 5.10 Å². The fourth-order valence-corrected chi connectivity index (χ4v) is 4.55. The predicted octanol–water partition coefficient (Wildman–Crippen LogP) is 4.98. The largest absolute Gasteiger partial charge is 0.336 e. The fraction of sp³-hybridized carbons (Fsp3) is 0.214. The molecule has 1 aromatic heterocycles. The van der Waals surface area contributed by atoms with Crippen LogP contribution in [0, 0.1) is 11.6 Å². The fourth-order valence-electron chi connectivity index (χ4n) is 4.55. The first-order chi connectivity index (χ1) is 17.0. The van der Waals surface area contributed by atoms with E-state index in [0.717, 1.165) is 42.1 Å². The molecule has 0 saturated carbocycles. The van der Waals surface area contributed by atoms with Crippen LogP contribution in [0.15, 0.2) is 78.9 Å². The van der Waals surface area contributed by atoms with Crippen LogP contribution >= 0.6 is 0 Å². The van der Waals surface area contributed by atoms with Crippen LogP contribution in [0.5, 0.6) is 0 Å². The minimum Gasteiger partial charge on any atom is -0.336 e. The number of nitrogens with zero attached hydrogens (tertiary/aromatic N) is 4. The molecule has 0 fully saturated rings. The van der Waals surface area contributed by atoms with E-state index in [1.165, 1.54) is 42.0 Å². The summed E-state index contributed by atoms with van der Waals surface area (Å²) in [6.45, 7) is 2.72. The second-order valence-corrected chi connectivity index (χ2v) is 8.87. The monoisotopic (exact) mass is 472 g/mol. The number of rotatable bonds is 6. The predicted molar refractivity (Wildman–Crippen MR) is 130 cm³/mol. The molecule has 0 N–H and O–H groups in total. The van der Waals surface area contributed by atoms with Crippen molar-refractivity contribution < 1.29 is 13.6 Å². The van der Waals surface area contributed by atoms with Gasteiger partial charge in [-0.15, -0.1) is 0 Å². The Morgan fingerprint density at radius 2 is 1.60 bits per heavy atom. The molecule has 0 unspecified atom stereocenters. The van der Waals surface area contributed by atoms with Crippen molar-refractivity contribution in [1.82, 2.24) is 19.6 Å². The Morgan fingerprint density at radius 3 is 2.29 bits per heavy atom. The zero-order chi connectivity index (χ0) is 24.4. The van der Waals surface area contributed by atoms with Crippen LogP contribution in [0.3, 0.4) is 0 Å². The smallest absolute Gasteiger partial charge is 0.253 e. The van der Waals surface area contributed by atoms with Gasteiger partial charge in [-0.05, 0) is 54.1 Å². The quantitative estimate of drug-likeness (QED) is 0.397. The Morgan fingerprint density at radius 1 is 0.943 bits per heavy atom. The number of aromatic nitrogens is 2. The number of hydrogen-bond donors (Lipinski definition) is 0. The first-order valence-corrected chi connectivity index (χ1v) is 11.6. The lowest BCUT2D eigenvalue weighted by atomic mass is 10.0. The maximum absolute atomic E-state index is 13.5. The molecule has 7 heteroatoms. The molecule has 5 nitrogen and oxygen atoms in total. The summed E-state index contributed by atoms with van der Waals surface area (Å²) in [4.78, 5) is 16.9. The Bertz CT molecular complexity index is 1320. The van der Waals surface area contributed by atoms with Gasteiger partial charge in [-0.25, -0.2) is 13.5 Å². The molecule has 4 aromatic rings. The molecule has 0 radical (unpaired) electrons. The van der Waals surface area contributed by atoms with Crippen molar-refractivity contribution in [3.05, 3.63) is 119 Å². The van der Waals surface area contributed by atoms with Gasteiger partial charge >= 0.3 is 0 Å². The third-order valence-corrected chi connectivity index (χ3v) is 6.36. The number of hydrogen-bond acceptors (Lipinski definition) is 3. The van der Waals surface area contributed by atoms with Gasteiger partial charge in [0.05, 0.1) is 23.6 Å². The molecule has 0 spiro atoms. The normalized spacial score (nSPS) is 13.5. The lowest BCUT2D eigenvalue weighted by molar-refractivity contribution is 0.0782. The van der Waals surface area contributed by atoms with Gasteiger partial charge in [0.15, 0.2) is 0 Å². The molecule has 0 saturated heterocycles. The van der Waals surface area contributed by atoms with Gasteiger partial charge in [-0.3, -0.25) is 9.69 Å². The maximum Gasteiger partial charge on any atom is 0.253 e. The molecular formula is C28H26F2N4O. The van der Waals surface area contributed by atoms with Crippen molar-refractivity contribution in [2.24, 2.45) is 0 Å². The topological polar surface area (TPSA) is 41.4 Å². The zero-order valence-corrected chi connectivity index (χ0v) is 19.5. The molecule has 3 aromatic carbocycles. The summed E-state index contributed by atoms with van der Waals surface area (Å²) in [5.74, 6) is -0.879. The standard InChI is InChI=1S/C28H26F2N4O/c1-32(28(35)21-7-9-22(29)10-8-21)19-26-25-18-33(17-20-5-3-2-4-6-20)16-15-27(25)34(31-26)24-13-11-23(30)12-14-24/h2-14H,15-19H2,1H3. The summed E-state index contributed by atoms with van der Waals surface area (Å²) in [6, 6.07) is 22.2. The highest BCUT2D eigenvalue weighted by Crippen LogP contribution is 2.27. The molecule has 1 aliphatic rings. The number of fused-ring (bicyclic) bond motifs is 1.